The van der Waals surface area contributed by atoms with E-state index in [1.165, 1.54) is 6.07 Å². The zero-order valence-electron chi connectivity index (χ0n) is 20.7. The minimum Gasteiger partial charge on any atom is -0.382 e. The molecule has 1 aromatic heterocycles. The number of morpholine rings is 1. The van der Waals surface area contributed by atoms with Crippen molar-refractivity contribution in [3.63, 3.8) is 0 Å². The molecule has 198 valence electrons. The SMILES string of the molecule is Nc1nc(F)c(-c2ccc(N3CCOCC3)c(CN3CCC3)c2F)nc1-c1cc(F)c2c(c1)CCNC2=O. The molecule has 1 amide bonds. The van der Waals surface area contributed by atoms with Crippen molar-refractivity contribution in [2.75, 3.05) is 56.6 Å². The normalized spacial score (nSPS) is 17.7. The number of carbonyl (C=O) groups excluding carboxylic acids is 1. The predicted octanol–water partition coefficient (Wildman–Crippen LogP) is 3.14. The van der Waals surface area contributed by atoms with E-state index in [-0.39, 0.29) is 33.9 Å². The molecule has 38 heavy (non-hydrogen) atoms. The van der Waals surface area contributed by atoms with Gasteiger partial charge in [0.15, 0.2) is 5.82 Å². The number of halogens is 3. The number of amides is 1. The molecule has 0 unspecified atom stereocenters. The molecule has 3 aliphatic rings. The van der Waals surface area contributed by atoms with Gasteiger partial charge in [-0.2, -0.15) is 9.37 Å². The van der Waals surface area contributed by atoms with Gasteiger partial charge < -0.3 is 20.7 Å². The molecule has 0 aliphatic carbocycles. The van der Waals surface area contributed by atoms with Gasteiger partial charge in [0.05, 0.1) is 18.8 Å². The summed E-state index contributed by atoms with van der Waals surface area (Å²) in [6.07, 6.45) is 1.47. The summed E-state index contributed by atoms with van der Waals surface area (Å²) in [5.41, 5.74) is 7.60. The number of hydrogen-bond acceptors (Lipinski definition) is 7. The van der Waals surface area contributed by atoms with Crippen LogP contribution in [-0.4, -0.2) is 66.7 Å². The molecule has 11 heteroatoms. The molecule has 3 aromatic rings. The van der Waals surface area contributed by atoms with E-state index in [4.69, 9.17) is 10.5 Å². The second kappa shape index (κ2) is 9.88. The van der Waals surface area contributed by atoms with Gasteiger partial charge in [0.25, 0.3) is 5.91 Å². The van der Waals surface area contributed by atoms with Crippen LogP contribution in [0.2, 0.25) is 0 Å². The van der Waals surface area contributed by atoms with E-state index in [0.717, 1.165) is 31.3 Å². The van der Waals surface area contributed by atoms with E-state index in [2.05, 4.69) is 25.1 Å². The summed E-state index contributed by atoms with van der Waals surface area (Å²) in [6.45, 7) is 4.86. The fourth-order valence-corrected chi connectivity index (χ4v) is 5.27. The number of carbonyl (C=O) groups is 1. The quantitative estimate of drug-likeness (QED) is 0.530. The molecule has 2 fully saturated rings. The Morgan fingerprint density at radius 2 is 1.82 bits per heavy atom. The number of fused-ring (bicyclic) bond motifs is 1. The first-order chi connectivity index (χ1) is 18.4. The highest BCUT2D eigenvalue weighted by Gasteiger charge is 2.28. The van der Waals surface area contributed by atoms with Crippen LogP contribution < -0.4 is 16.0 Å². The predicted molar refractivity (Wildman–Crippen MR) is 136 cm³/mol. The number of hydrogen-bond donors (Lipinski definition) is 2. The maximum atomic E-state index is 16.2. The van der Waals surface area contributed by atoms with Crippen LogP contribution in [0.15, 0.2) is 24.3 Å². The summed E-state index contributed by atoms with van der Waals surface area (Å²) < 4.78 is 51.7. The van der Waals surface area contributed by atoms with Crippen LogP contribution in [0.25, 0.3) is 22.5 Å². The van der Waals surface area contributed by atoms with E-state index in [0.29, 0.717) is 56.9 Å². The van der Waals surface area contributed by atoms with Gasteiger partial charge in [-0.05, 0) is 55.8 Å². The fourth-order valence-electron chi connectivity index (χ4n) is 5.27. The van der Waals surface area contributed by atoms with E-state index >= 15 is 8.78 Å². The first-order valence-corrected chi connectivity index (χ1v) is 12.7. The largest absolute Gasteiger partial charge is 0.382 e. The zero-order chi connectivity index (χ0) is 26.4. The van der Waals surface area contributed by atoms with Gasteiger partial charge in [-0.1, -0.05) is 0 Å². The van der Waals surface area contributed by atoms with Crippen LogP contribution in [0.5, 0.6) is 0 Å². The summed E-state index contributed by atoms with van der Waals surface area (Å²) in [7, 11) is 0. The number of rotatable bonds is 5. The molecule has 8 nitrogen and oxygen atoms in total. The lowest BCUT2D eigenvalue weighted by molar-refractivity contribution is 0.0941. The first-order valence-electron chi connectivity index (χ1n) is 12.7. The molecule has 0 bridgehead atoms. The second-order valence-corrected chi connectivity index (χ2v) is 9.75. The molecule has 0 saturated carbocycles. The van der Waals surface area contributed by atoms with Crippen LogP contribution in [0, 0.1) is 17.6 Å². The van der Waals surface area contributed by atoms with Gasteiger partial charge in [-0.15, -0.1) is 0 Å². The van der Waals surface area contributed by atoms with E-state index < -0.39 is 23.5 Å². The number of nitrogens with one attached hydrogen (secondary N) is 1. The Kier molecular flexibility index (Phi) is 6.40. The van der Waals surface area contributed by atoms with Crippen LogP contribution >= 0.6 is 0 Å². The van der Waals surface area contributed by atoms with Crippen molar-refractivity contribution in [2.45, 2.75) is 19.4 Å². The third-order valence-corrected chi connectivity index (χ3v) is 7.39. The zero-order valence-corrected chi connectivity index (χ0v) is 20.7. The molecule has 4 heterocycles. The van der Waals surface area contributed by atoms with Gasteiger partial charge in [0, 0.05) is 48.6 Å². The van der Waals surface area contributed by atoms with Gasteiger partial charge >= 0.3 is 0 Å². The number of ether oxygens (including phenoxy) is 1. The Labute approximate surface area is 217 Å². The summed E-state index contributed by atoms with van der Waals surface area (Å²) in [5, 5.41) is 2.61. The minimum atomic E-state index is -1.02. The lowest BCUT2D eigenvalue weighted by Gasteiger charge is -2.35. The Morgan fingerprint density at radius 3 is 2.55 bits per heavy atom. The van der Waals surface area contributed by atoms with Gasteiger partial charge in [-0.25, -0.2) is 13.8 Å². The van der Waals surface area contributed by atoms with Gasteiger partial charge in [0.1, 0.15) is 23.0 Å². The lowest BCUT2D eigenvalue weighted by Crippen LogP contribution is -2.39. The summed E-state index contributed by atoms with van der Waals surface area (Å²) in [4.78, 5) is 24.5. The van der Waals surface area contributed by atoms with Crippen molar-refractivity contribution in [1.29, 1.82) is 0 Å². The van der Waals surface area contributed by atoms with Crippen LogP contribution in [0.1, 0.15) is 27.9 Å². The maximum Gasteiger partial charge on any atom is 0.254 e. The standard InChI is InChI=1S/C27H27F3N6O2/c28-19-13-16(12-15-4-5-32-27(37)21(15)19)23-26(31)34-25(30)24(33-23)17-2-3-20(36-8-10-38-11-9-36)18(22(17)29)14-35-6-1-7-35/h2-3,12-13H,1,4-11,14H2,(H2,31,34)(H,32,37). The number of anilines is 2. The number of nitrogens with two attached hydrogens (primary N) is 1. The number of likely N-dealkylation sites (tertiary alicyclic amines) is 1. The monoisotopic (exact) mass is 524 g/mol. The fraction of sp³-hybridized carbons (Fsp3) is 0.370. The topological polar surface area (TPSA) is 96.6 Å². The van der Waals surface area contributed by atoms with Crippen molar-refractivity contribution in [3.8, 4) is 22.5 Å². The third-order valence-electron chi connectivity index (χ3n) is 7.39. The highest BCUT2D eigenvalue weighted by Crippen LogP contribution is 2.36. The number of aromatic nitrogens is 2. The van der Waals surface area contributed by atoms with E-state index in [1.54, 1.807) is 12.1 Å². The minimum absolute atomic E-state index is 0.0232. The summed E-state index contributed by atoms with van der Waals surface area (Å²) >= 11 is 0. The molecule has 0 atom stereocenters. The van der Waals surface area contributed by atoms with Gasteiger partial charge in [0.2, 0.25) is 5.95 Å². The molecule has 0 spiro atoms. The molecular weight excluding hydrogens is 497 g/mol. The Morgan fingerprint density at radius 1 is 1.03 bits per heavy atom. The maximum absolute atomic E-state index is 16.2. The number of nitrogen functional groups attached to an aromatic ring is 1. The highest BCUT2D eigenvalue weighted by atomic mass is 19.1. The molecule has 3 aliphatic heterocycles. The molecule has 2 saturated heterocycles. The molecule has 2 aromatic carbocycles. The van der Waals surface area contributed by atoms with Crippen molar-refractivity contribution < 1.29 is 22.7 Å². The third kappa shape index (κ3) is 4.35. The van der Waals surface area contributed by atoms with Crippen LogP contribution in [0.3, 0.4) is 0 Å². The second-order valence-electron chi connectivity index (χ2n) is 9.75. The highest BCUT2D eigenvalue weighted by molar-refractivity contribution is 5.97. The first kappa shape index (κ1) is 24.6. The molecule has 0 radical (unpaired) electrons. The smallest absolute Gasteiger partial charge is 0.254 e. The molecule has 3 N–H and O–H groups in total. The Bertz CT molecular complexity index is 1420. The van der Waals surface area contributed by atoms with Crippen LogP contribution in [0.4, 0.5) is 24.7 Å². The van der Waals surface area contributed by atoms with Crippen LogP contribution in [-0.2, 0) is 17.7 Å². The average molecular weight is 525 g/mol. The van der Waals surface area contributed by atoms with Crippen molar-refractivity contribution in [3.05, 3.63) is 58.5 Å². The molecular formula is C27H27F3N6O2. The summed E-state index contributed by atoms with van der Waals surface area (Å²) in [6, 6.07) is 6.02. The van der Waals surface area contributed by atoms with Crippen molar-refractivity contribution >= 4 is 17.4 Å². The molecule has 6 rings (SSSR count). The average Bonchev–Trinajstić information content (AvgIpc) is 2.87. The number of benzene rings is 2. The van der Waals surface area contributed by atoms with Gasteiger partial charge in [-0.3, -0.25) is 9.69 Å². The van der Waals surface area contributed by atoms with Crippen molar-refractivity contribution in [1.82, 2.24) is 20.2 Å². The Hall–Kier alpha value is -3.70. The summed E-state index contributed by atoms with van der Waals surface area (Å²) in [5.74, 6) is -3.07. The van der Waals surface area contributed by atoms with E-state index in [1.807, 2.05) is 0 Å². The van der Waals surface area contributed by atoms with E-state index in [9.17, 15) is 9.18 Å². The van der Waals surface area contributed by atoms with Crippen molar-refractivity contribution in [2.24, 2.45) is 0 Å². The number of nitrogens with zero attached hydrogens (tertiary/aromatic N) is 4. The lowest BCUT2D eigenvalue weighted by atomic mass is 9.95. The Balaban J connectivity index is 1.45.